The van der Waals surface area contributed by atoms with Crippen LogP contribution in [0.3, 0.4) is 0 Å². The molecule has 1 N–H and O–H groups in total. The van der Waals surface area contributed by atoms with Crippen molar-refractivity contribution < 1.29 is 9.53 Å². The van der Waals surface area contributed by atoms with Crippen molar-refractivity contribution in [1.29, 1.82) is 0 Å². The van der Waals surface area contributed by atoms with Crippen LogP contribution in [0.5, 0.6) is 0 Å². The fourth-order valence-electron chi connectivity index (χ4n) is 4.06. The van der Waals surface area contributed by atoms with Crippen molar-refractivity contribution in [2.75, 3.05) is 7.11 Å². The average Bonchev–Trinajstić information content (AvgIpc) is 2.47. The topological polar surface area (TPSA) is 38.3 Å². The maximum atomic E-state index is 12.4. The lowest BCUT2D eigenvalue weighted by molar-refractivity contribution is -0.150. The first kappa shape index (κ1) is 16.3. The molecular formula is C17H24ClNO2. The van der Waals surface area contributed by atoms with Crippen molar-refractivity contribution >= 4 is 18.4 Å². The fraction of sp³-hybridized carbons (Fsp3) is 0.588. The average molecular weight is 310 g/mol. The van der Waals surface area contributed by atoms with Crippen LogP contribution >= 0.6 is 12.4 Å². The van der Waals surface area contributed by atoms with Crippen LogP contribution in [-0.2, 0) is 21.5 Å². The second-order valence-electron chi connectivity index (χ2n) is 6.42. The Morgan fingerprint density at radius 1 is 1.19 bits per heavy atom. The van der Waals surface area contributed by atoms with Gasteiger partial charge in [-0.2, -0.15) is 0 Å². The zero-order valence-corrected chi connectivity index (χ0v) is 13.6. The van der Waals surface area contributed by atoms with Gasteiger partial charge in [-0.05, 0) is 37.3 Å². The van der Waals surface area contributed by atoms with Crippen LogP contribution in [0.25, 0.3) is 0 Å². The molecule has 0 amide bonds. The van der Waals surface area contributed by atoms with Crippen LogP contribution < -0.4 is 5.32 Å². The fourth-order valence-corrected chi connectivity index (χ4v) is 4.06. The molecule has 3 rings (SSSR count). The third kappa shape index (κ3) is 2.69. The highest BCUT2D eigenvalue weighted by Gasteiger charge is 2.49. The van der Waals surface area contributed by atoms with Gasteiger partial charge in [0.15, 0.2) is 0 Å². The van der Waals surface area contributed by atoms with Crippen LogP contribution in [-0.4, -0.2) is 18.6 Å². The maximum absolute atomic E-state index is 12.4. The van der Waals surface area contributed by atoms with Crippen molar-refractivity contribution in [2.45, 2.75) is 56.5 Å². The molecule has 0 radical (unpaired) electrons. The standard InChI is InChI=1S/C17H23NO2.ClH/c1-16(15(19)20-2)14-9-5-4-8-13(14)12-17(18-16)10-6-3-7-11-17;/h4-5,8-9,18H,3,6-7,10-12H2,1-2H3;1H. The van der Waals surface area contributed by atoms with E-state index in [4.69, 9.17) is 4.74 Å². The van der Waals surface area contributed by atoms with Gasteiger partial charge in [0.05, 0.1) is 7.11 Å². The van der Waals surface area contributed by atoms with Crippen LogP contribution in [0.2, 0.25) is 0 Å². The Labute approximate surface area is 132 Å². The largest absolute Gasteiger partial charge is 0.467 e. The maximum Gasteiger partial charge on any atom is 0.330 e. The minimum absolute atomic E-state index is 0. The highest BCUT2D eigenvalue weighted by atomic mass is 35.5. The predicted molar refractivity (Wildman–Crippen MR) is 85.7 cm³/mol. The zero-order valence-electron chi connectivity index (χ0n) is 12.8. The predicted octanol–water partition coefficient (Wildman–Crippen LogP) is 3.35. The van der Waals surface area contributed by atoms with E-state index in [0.29, 0.717) is 0 Å². The van der Waals surface area contributed by atoms with E-state index in [1.54, 1.807) is 0 Å². The van der Waals surface area contributed by atoms with Gasteiger partial charge in [-0.3, -0.25) is 5.32 Å². The molecule has 3 nitrogen and oxygen atoms in total. The van der Waals surface area contributed by atoms with Crippen molar-refractivity contribution in [3.63, 3.8) is 0 Å². The van der Waals surface area contributed by atoms with Gasteiger partial charge in [-0.1, -0.05) is 43.5 Å². The van der Waals surface area contributed by atoms with Crippen LogP contribution in [0.4, 0.5) is 0 Å². The van der Waals surface area contributed by atoms with E-state index in [0.717, 1.165) is 24.8 Å². The van der Waals surface area contributed by atoms with E-state index in [9.17, 15) is 4.79 Å². The van der Waals surface area contributed by atoms with E-state index in [1.807, 2.05) is 13.0 Å². The van der Waals surface area contributed by atoms with Crippen molar-refractivity contribution in [2.24, 2.45) is 0 Å². The highest BCUT2D eigenvalue weighted by molar-refractivity contribution is 5.85. The van der Waals surface area contributed by atoms with Gasteiger partial charge in [0.1, 0.15) is 5.54 Å². The molecule has 1 aliphatic heterocycles. The SMILES string of the molecule is COC(=O)C1(C)NC2(CCCCC2)Cc2ccccc21.Cl. The summed E-state index contributed by atoms with van der Waals surface area (Å²) < 4.78 is 5.08. The van der Waals surface area contributed by atoms with Crippen molar-refractivity contribution in [1.82, 2.24) is 5.32 Å². The van der Waals surface area contributed by atoms with Crippen LogP contribution in [0, 0.1) is 0 Å². The number of esters is 1. The summed E-state index contributed by atoms with van der Waals surface area (Å²) in [5.74, 6) is -0.186. The molecule has 1 fully saturated rings. The third-order valence-electron chi connectivity index (χ3n) is 5.00. The molecule has 2 aliphatic rings. The van der Waals surface area contributed by atoms with Gasteiger partial charge in [-0.15, -0.1) is 12.4 Å². The summed E-state index contributed by atoms with van der Waals surface area (Å²) in [7, 11) is 1.47. The summed E-state index contributed by atoms with van der Waals surface area (Å²) in [4.78, 5) is 12.4. The summed E-state index contributed by atoms with van der Waals surface area (Å²) in [6.07, 6.45) is 7.11. The molecule has 4 heteroatoms. The number of benzene rings is 1. The second-order valence-corrected chi connectivity index (χ2v) is 6.42. The Morgan fingerprint density at radius 3 is 2.52 bits per heavy atom. The highest BCUT2D eigenvalue weighted by Crippen LogP contribution is 2.41. The van der Waals surface area contributed by atoms with Gasteiger partial charge in [0.25, 0.3) is 0 Å². The lowest BCUT2D eigenvalue weighted by Gasteiger charge is -2.49. The number of carbonyl (C=O) groups excluding carboxylic acids is 1. The Morgan fingerprint density at radius 2 is 1.86 bits per heavy atom. The number of ether oxygens (including phenoxy) is 1. The number of hydrogen-bond acceptors (Lipinski definition) is 3. The molecule has 1 aromatic rings. The molecular weight excluding hydrogens is 286 g/mol. The molecule has 1 atom stereocenters. The van der Waals surface area contributed by atoms with Gasteiger partial charge in [0.2, 0.25) is 0 Å². The van der Waals surface area contributed by atoms with Gasteiger partial charge < -0.3 is 4.74 Å². The number of nitrogens with one attached hydrogen (secondary N) is 1. The molecule has 1 saturated carbocycles. The normalized spacial score (nSPS) is 26.6. The van der Waals surface area contributed by atoms with E-state index in [-0.39, 0.29) is 23.9 Å². The summed E-state index contributed by atoms with van der Waals surface area (Å²) in [5, 5.41) is 3.68. The minimum atomic E-state index is -0.721. The molecule has 1 unspecified atom stereocenters. The molecule has 0 bridgehead atoms. The quantitative estimate of drug-likeness (QED) is 0.809. The summed E-state index contributed by atoms with van der Waals surface area (Å²) >= 11 is 0. The first-order chi connectivity index (χ1) is 9.60. The lowest BCUT2D eigenvalue weighted by atomic mass is 9.69. The first-order valence-electron chi connectivity index (χ1n) is 7.56. The van der Waals surface area contributed by atoms with Crippen LogP contribution in [0.15, 0.2) is 24.3 Å². The molecule has 0 aromatic heterocycles. The molecule has 1 aromatic carbocycles. The first-order valence-corrected chi connectivity index (χ1v) is 7.56. The molecule has 1 heterocycles. The Balaban J connectivity index is 0.00000161. The van der Waals surface area contributed by atoms with Gasteiger partial charge in [-0.25, -0.2) is 4.79 Å². The summed E-state index contributed by atoms with van der Waals surface area (Å²) in [6.45, 7) is 1.97. The molecule has 1 spiro atoms. The number of fused-ring (bicyclic) bond motifs is 1. The number of methoxy groups -OCH3 is 1. The van der Waals surface area contributed by atoms with Crippen molar-refractivity contribution in [3.05, 3.63) is 35.4 Å². The second kappa shape index (κ2) is 5.98. The minimum Gasteiger partial charge on any atom is -0.467 e. The van der Waals surface area contributed by atoms with E-state index >= 15 is 0 Å². The zero-order chi connectivity index (χ0) is 14.2. The van der Waals surface area contributed by atoms with Crippen molar-refractivity contribution in [3.8, 4) is 0 Å². The Hall–Kier alpha value is -1.06. The lowest BCUT2D eigenvalue weighted by Crippen LogP contribution is -2.63. The third-order valence-corrected chi connectivity index (χ3v) is 5.00. The molecule has 116 valence electrons. The van der Waals surface area contributed by atoms with Gasteiger partial charge >= 0.3 is 5.97 Å². The van der Waals surface area contributed by atoms with E-state index in [2.05, 4.69) is 23.5 Å². The number of halogens is 1. The number of hydrogen-bond donors (Lipinski definition) is 1. The summed E-state index contributed by atoms with van der Waals surface area (Å²) in [6, 6.07) is 8.28. The van der Waals surface area contributed by atoms with Gasteiger partial charge in [0, 0.05) is 5.54 Å². The molecule has 21 heavy (non-hydrogen) atoms. The Kier molecular flexibility index (Phi) is 4.64. The van der Waals surface area contributed by atoms with E-state index in [1.165, 1.54) is 31.9 Å². The molecule has 1 aliphatic carbocycles. The Bertz CT molecular complexity index is 525. The molecule has 0 saturated heterocycles. The number of carbonyl (C=O) groups is 1. The van der Waals surface area contributed by atoms with Crippen LogP contribution in [0.1, 0.15) is 50.2 Å². The number of rotatable bonds is 1. The smallest absolute Gasteiger partial charge is 0.330 e. The summed E-state index contributed by atoms with van der Waals surface area (Å²) in [5.41, 5.74) is 1.71. The monoisotopic (exact) mass is 309 g/mol. The van der Waals surface area contributed by atoms with E-state index < -0.39 is 5.54 Å².